The molecule has 0 amide bonds. The first-order valence-electron chi connectivity index (χ1n) is 6.90. The highest BCUT2D eigenvalue weighted by Crippen LogP contribution is 2.29. The molecule has 7 nitrogen and oxygen atoms in total. The predicted octanol–water partition coefficient (Wildman–Crippen LogP) is 2.49. The van der Waals surface area contributed by atoms with Gasteiger partial charge < -0.3 is 19.9 Å². The molecule has 0 aliphatic carbocycles. The number of nitrogens with two attached hydrogens (primary N) is 1. The zero-order chi connectivity index (χ0) is 16.7. The van der Waals surface area contributed by atoms with E-state index in [2.05, 4.69) is 37.6 Å². The van der Waals surface area contributed by atoms with Crippen molar-refractivity contribution in [1.82, 2.24) is 19.4 Å². The van der Waals surface area contributed by atoms with Crippen molar-refractivity contribution < 1.29 is 4.74 Å². The van der Waals surface area contributed by atoms with Gasteiger partial charge in [-0.15, -0.1) is 0 Å². The molecule has 1 atom stereocenters. The molecule has 1 aliphatic heterocycles. The molecule has 0 saturated heterocycles. The van der Waals surface area contributed by atoms with Crippen molar-refractivity contribution in [1.29, 1.82) is 0 Å². The monoisotopic (exact) mass is 446 g/mol. The van der Waals surface area contributed by atoms with E-state index in [1.165, 1.54) is 0 Å². The molecule has 3 rings (SSSR count). The Morgan fingerprint density at radius 3 is 2.87 bits per heavy atom. The van der Waals surface area contributed by atoms with Crippen molar-refractivity contribution in [2.24, 2.45) is 4.99 Å². The summed E-state index contributed by atoms with van der Waals surface area (Å²) in [6.45, 7) is 2.57. The number of ether oxygens (including phenoxy) is 1. The number of halogens is 2. The van der Waals surface area contributed by atoms with Crippen LogP contribution in [0.2, 0.25) is 5.15 Å². The third kappa shape index (κ3) is 2.85. The highest BCUT2D eigenvalue weighted by Gasteiger charge is 2.24. The quantitative estimate of drug-likeness (QED) is 0.579. The smallest absolute Gasteiger partial charge is 0.223 e. The number of rotatable bonds is 3. The zero-order valence-electron chi connectivity index (χ0n) is 12.9. The largest absolute Gasteiger partial charge is 0.482 e. The summed E-state index contributed by atoms with van der Waals surface area (Å²) in [6, 6.07) is 0. The minimum Gasteiger partial charge on any atom is -0.482 e. The number of aromatic nitrogens is 3. The lowest BCUT2D eigenvalue weighted by Gasteiger charge is -2.32. The fourth-order valence-electron chi connectivity index (χ4n) is 2.67. The Balaban J connectivity index is 1.99. The minimum atomic E-state index is -0.102. The van der Waals surface area contributed by atoms with Crippen molar-refractivity contribution in [3.05, 3.63) is 26.4 Å². The summed E-state index contributed by atoms with van der Waals surface area (Å²) in [5, 5.41) is 1.17. The topological polar surface area (TPSA) is 81.6 Å². The van der Waals surface area contributed by atoms with Crippen molar-refractivity contribution in [3.8, 4) is 0 Å². The molecular weight excluding hydrogens is 431 g/mol. The number of hydrogen-bond acceptors (Lipinski definition) is 6. The Hall–Kier alpha value is -1.55. The van der Waals surface area contributed by atoms with Crippen LogP contribution >= 0.6 is 34.2 Å². The van der Waals surface area contributed by atoms with Crippen LogP contribution in [0.5, 0.6) is 0 Å². The molecule has 2 N–H and O–H groups in total. The summed E-state index contributed by atoms with van der Waals surface area (Å²) in [5.74, 6) is 0.968. The van der Waals surface area contributed by atoms with E-state index in [1.807, 2.05) is 35.8 Å². The molecule has 0 spiro atoms. The van der Waals surface area contributed by atoms with Crippen LogP contribution in [0.4, 0.5) is 5.95 Å². The third-order valence-corrected chi connectivity index (χ3v) is 4.83. The summed E-state index contributed by atoms with van der Waals surface area (Å²) < 4.78 is 8.42. The molecule has 2 aromatic rings. The number of hydrogen-bond donors (Lipinski definition) is 1. The van der Waals surface area contributed by atoms with Crippen LogP contribution in [0.15, 0.2) is 22.6 Å². The molecule has 3 heterocycles. The normalized spacial score (nSPS) is 18.1. The van der Waals surface area contributed by atoms with E-state index in [0.717, 1.165) is 20.4 Å². The number of likely N-dealkylation sites (N-methyl/N-ethyl adjacent to an activating group) is 1. The highest BCUT2D eigenvalue weighted by atomic mass is 127. The molecule has 1 aliphatic rings. The van der Waals surface area contributed by atoms with Crippen molar-refractivity contribution in [3.63, 3.8) is 0 Å². The number of nitrogen functional groups attached to an aromatic ring is 1. The Kier molecular flexibility index (Phi) is 4.37. The fourth-order valence-corrected chi connectivity index (χ4v) is 3.94. The number of nitrogens with zero attached hydrogens (tertiary/aromatic N) is 5. The summed E-state index contributed by atoms with van der Waals surface area (Å²) in [7, 11) is 3.61. The Morgan fingerprint density at radius 2 is 2.17 bits per heavy atom. The first kappa shape index (κ1) is 16.3. The van der Waals surface area contributed by atoms with Crippen LogP contribution in [0.1, 0.15) is 6.92 Å². The molecule has 0 aromatic carbocycles. The Labute approximate surface area is 152 Å². The van der Waals surface area contributed by atoms with Crippen molar-refractivity contribution in [2.75, 3.05) is 19.9 Å². The number of allylic oxidation sites excluding steroid dienone is 1. The van der Waals surface area contributed by atoms with Gasteiger partial charge in [-0.05, 0) is 29.5 Å². The van der Waals surface area contributed by atoms with Gasteiger partial charge in [0.15, 0.2) is 5.88 Å². The molecule has 9 heteroatoms. The fraction of sp³-hybridized carbons (Fsp3) is 0.357. The second-order valence-electron chi connectivity index (χ2n) is 5.26. The van der Waals surface area contributed by atoms with Crippen LogP contribution in [0, 0.1) is 3.57 Å². The Bertz CT molecular complexity index is 830. The molecule has 23 heavy (non-hydrogen) atoms. The molecule has 0 bridgehead atoms. The average molecular weight is 447 g/mol. The molecule has 0 fully saturated rings. The summed E-state index contributed by atoms with van der Waals surface area (Å²) in [6.07, 6.45) is 3.71. The van der Waals surface area contributed by atoms with E-state index in [9.17, 15) is 0 Å². The molecule has 0 saturated carbocycles. The zero-order valence-corrected chi connectivity index (χ0v) is 15.8. The highest BCUT2D eigenvalue weighted by molar-refractivity contribution is 14.1. The maximum Gasteiger partial charge on any atom is 0.223 e. The Morgan fingerprint density at radius 1 is 1.43 bits per heavy atom. The van der Waals surface area contributed by atoms with E-state index in [1.54, 1.807) is 7.11 Å². The van der Waals surface area contributed by atoms with E-state index in [-0.39, 0.29) is 12.1 Å². The van der Waals surface area contributed by atoms with E-state index < -0.39 is 0 Å². The maximum atomic E-state index is 6.20. The van der Waals surface area contributed by atoms with Gasteiger partial charge in [0.2, 0.25) is 5.95 Å². The average Bonchev–Trinajstić information content (AvgIpc) is 2.79. The first-order chi connectivity index (χ1) is 10.9. The summed E-state index contributed by atoms with van der Waals surface area (Å²) in [4.78, 5) is 14.9. The van der Waals surface area contributed by atoms with Gasteiger partial charge in [0.25, 0.3) is 0 Å². The molecule has 1 unspecified atom stereocenters. The van der Waals surface area contributed by atoms with Gasteiger partial charge in [0.1, 0.15) is 17.0 Å². The first-order valence-corrected chi connectivity index (χ1v) is 8.36. The SMILES string of the molecule is COC1=C(C)C=NC(Cn2cc(I)c3c(Cl)nc(N)nc32)N1C. The predicted molar refractivity (Wildman–Crippen MR) is 99.4 cm³/mol. The van der Waals surface area contributed by atoms with Gasteiger partial charge in [0.05, 0.1) is 19.0 Å². The second-order valence-corrected chi connectivity index (χ2v) is 6.78. The van der Waals surface area contributed by atoms with Gasteiger partial charge >= 0.3 is 0 Å². The van der Waals surface area contributed by atoms with Gasteiger partial charge in [-0.1, -0.05) is 11.6 Å². The lowest BCUT2D eigenvalue weighted by Crippen LogP contribution is -2.37. The summed E-state index contributed by atoms with van der Waals surface area (Å²) >= 11 is 8.42. The molecule has 2 aromatic heterocycles. The van der Waals surface area contributed by atoms with Gasteiger partial charge in [-0.3, -0.25) is 4.99 Å². The number of anilines is 1. The molecule has 122 valence electrons. The maximum absolute atomic E-state index is 6.20. The number of fused-ring (bicyclic) bond motifs is 1. The van der Waals surface area contributed by atoms with E-state index in [0.29, 0.717) is 17.3 Å². The van der Waals surface area contributed by atoms with Gasteiger partial charge in [0, 0.05) is 28.6 Å². The van der Waals surface area contributed by atoms with Gasteiger partial charge in [-0.2, -0.15) is 4.98 Å². The molecule has 0 radical (unpaired) electrons. The van der Waals surface area contributed by atoms with Crippen LogP contribution in [0.25, 0.3) is 11.0 Å². The van der Waals surface area contributed by atoms with Crippen LogP contribution in [-0.2, 0) is 11.3 Å². The van der Waals surface area contributed by atoms with Crippen molar-refractivity contribution >= 4 is 57.4 Å². The van der Waals surface area contributed by atoms with Gasteiger partial charge in [-0.25, -0.2) is 4.98 Å². The number of methoxy groups -OCH3 is 1. The van der Waals surface area contributed by atoms with E-state index in [4.69, 9.17) is 22.1 Å². The lowest BCUT2D eigenvalue weighted by atomic mass is 10.2. The third-order valence-electron chi connectivity index (χ3n) is 3.74. The summed E-state index contributed by atoms with van der Waals surface area (Å²) in [5.41, 5.74) is 7.44. The number of aliphatic imine (C=N–C) groups is 1. The molecular formula is C14H16ClIN6O. The van der Waals surface area contributed by atoms with Crippen LogP contribution < -0.4 is 5.73 Å². The van der Waals surface area contributed by atoms with Crippen LogP contribution in [0.3, 0.4) is 0 Å². The minimum absolute atomic E-state index is 0.102. The van der Waals surface area contributed by atoms with Crippen molar-refractivity contribution in [2.45, 2.75) is 19.6 Å². The van der Waals surface area contributed by atoms with E-state index >= 15 is 0 Å². The standard InChI is InChI=1S/C14H16ClIN6O/c1-7-4-18-9(21(2)13(7)23-3)6-22-5-8(16)10-11(15)19-14(17)20-12(10)22/h4-5,9H,6H2,1-3H3,(H2,17,19,20). The lowest BCUT2D eigenvalue weighted by molar-refractivity contribution is 0.129. The second kappa shape index (κ2) is 6.16. The van der Waals surface area contributed by atoms with Crippen LogP contribution in [-0.4, -0.2) is 46.0 Å².